The number of Topliss-reactive ketones (excluding diaryl/α,β-unsaturated/α-hetero) is 1. The third-order valence-corrected chi connectivity index (χ3v) is 6.56. The Hall–Kier alpha value is -5.57. The van der Waals surface area contributed by atoms with Crippen LogP contribution in [0.25, 0.3) is 0 Å². The second-order valence-corrected chi connectivity index (χ2v) is 9.56. The van der Waals surface area contributed by atoms with Gasteiger partial charge in [-0.2, -0.15) is 0 Å². The Kier molecular flexibility index (Phi) is 9.47. The van der Waals surface area contributed by atoms with Crippen LogP contribution >= 0.6 is 0 Å². The van der Waals surface area contributed by atoms with Gasteiger partial charge in [-0.1, -0.05) is 80.1 Å². The van der Waals surface area contributed by atoms with Crippen LogP contribution in [-0.2, 0) is 4.74 Å². The maximum absolute atomic E-state index is 14.2. The van der Waals surface area contributed by atoms with Gasteiger partial charge < -0.3 is 19.7 Å². The van der Waals surface area contributed by atoms with Crippen molar-refractivity contribution >= 4 is 29.3 Å². The lowest BCUT2D eigenvalue weighted by molar-refractivity contribution is 0.0491. The van der Waals surface area contributed by atoms with E-state index in [-0.39, 0.29) is 34.6 Å². The number of benzene rings is 4. The van der Waals surface area contributed by atoms with E-state index in [1.165, 1.54) is 55.5 Å². The number of ketones is 3. The fourth-order valence-corrected chi connectivity index (χ4v) is 4.31. The molecule has 0 aromatic heterocycles. The molecule has 0 bridgehead atoms. The number of phenolic OH excluding ortho intramolecular Hbond substituents is 2. The Labute approximate surface area is 247 Å². The van der Waals surface area contributed by atoms with Crippen molar-refractivity contribution in [3.05, 3.63) is 124 Å². The molecule has 0 saturated carbocycles. The first kappa shape index (κ1) is 30.4. The van der Waals surface area contributed by atoms with Crippen molar-refractivity contribution in [3.8, 4) is 17.2 Å². The second-order valence-electron chi connectivity index (χ2n) is 9.56. The van der Waals surface area contributed by atoms with Gasteiger partial charge in [0.25, 0.3) is 0 Å². The van der Waals surface area contributed by atoms with Crippen molar-refractivity contribution in [2.75, 3.05) is 6.61 Å². The largest absolute Gasteiger partial charge is 0.504 e. The number of rotatable bonds is 11. The zero-order valence-electron chi connectivity index (χ0n) is 23.5. The van der Waals surface area contributed by atoms with Gasteiger partial charge in [0.2, 0.25) is 5.75 Å². The Morgan fingerprint density at radius 1 is 0.628 bits per heavy atom. The first-order valence-electron chi connectivity index (χ1n) is 13.5. The van der Waals surface area contributed by atoms with Crippen LogP contribution in [0.4, 0.5) is 0 Å². The number of unbranched alkanes of at least 4 members (excludes halogenated alkanes) is 1. The van der Waals surface area contributed by atoms with Gasteiger partial charge in [0.05, 0.1) is 28.9 Å². The van der Waals surface area contributed by atoms with Gasteiger partial charge in [0, 0.05) is 16.7 Å². The number of carbonyl (C=O) groups excluding carboxylic acids is 5. The zero-order valence-corrected chi connectivity index (χ0v) is 23.5. The monoisotopic (exact) mass is 580 g/mol. The Bertz CT molecular complexity index is 1710. The highest BCUT2D eigenvalue weighted by Gasteiger charge is 2.37. The van der Waals surface area contributed by atoms with E-state index in [1.54, 1.807) is 36.4 Å². The van der Waals surface area contributed by atoms with Crippen molar-refractivity contribution in [2.45, 2.75) is 26.7 Å². The summed E-state index contributed by atoms with van der Waals surface area (Å²) in [6, 6.07) is 20.8. The van der Waals surface area contributed by atoms with Gasteiger partial charge in [0.1, 0.15) is 0 Å². The number of esters is 2. The highest BCUT2D eigenvalue weighted by atomic mass is 16.5. The van der Waals surface area contributed by atoms with E-state index in [0.29, 0.717) is 12.8 Å². The fourth-order valence-electron chi connectivity index (χ4n) is 4.31. The summed E-state index contributed by atoms with van der Waals surface area (Å²) in [6.45, 7) is 3.08. The number of hydrogen-bond acceptors (Lipinski definition) is 9. The van der Waals surface area contributed by atoms with E-state index in [4.69, 9.17) is 9.47 Å². The third kappa shape index (κ3) is 6.51. The summed E-state index contributed by atoms with van der Waals surface area (Å²) >= 11 is 0. The van der Waals surface area contributed by atoms with E-state index in [0.717, 1.165) is 0 Å². The average molecular weight is 581 g/mol. The Morgan fingerprint density at radius 3 is 1.79 bits per heavy atom. The highest BCUT2D eigenvalue weighted by molar-refractivity contribution is 6.24. The molecular weight excluding hydrogens is 552 g/mol. The van der Waals surface area contributed by atoms with E-state index in [9.17, 15) is 34.2 Å². The molecule has 4 aromatic rings. The summed E-state index contributed by atoms with van der Waals surface area (Å²) in [4.78, 5) is 66.8. The van der Waals surface area contributed by atoms with Crippen LogP contribution in [0, 0.1) is 0 Å². The number of carbonyl (C=O) groups is 5. The van der Waals surface area contributed by atoms with Crippen molar-refractivity contribution in [1.29, 1.82) is 0 Å². The van der Waals surface area contributed by atoms with Crippen molar-refractivity contribution in [2.24, 2.45) is 0 Å². The minimum absolute atomic E-state index is 0.0332. The molecule has 0 aliphatic heterocycles. The van der Waals surface area contributed by atoms with E-state index in [1.807, 2.05) is 6.92 Å². The molecule has 2 N–H and O–H groups in total. The zero-order chi connectivity index (χ0) is 31.1. The molecule has 9 nitrogen and oxygen atoms in total. The quantitative estimate of drug-likeness (QED) is 0.0724. The number of hydrogen-bond donors (Lipinski definition) is 2. The second kappa shape index (κ2) is 13.4. The maximum atomic E-state index is 14.2. The summed E-state index contributed by atoms with van der Waals surface area (Å²) in [5.41, 5.74) is -1.98. The van der Waals surface area contributed by atoms with Crippen molar-refractivity contribution in [3.63, 3.8) is 0 Å². The predicted octanol–water partition coefficient (Wildman–Crippen LogP) is 5.94. The molecule has 0 atom stereocenters. The molecule has 0 amide bonds. The SMILES string of the molecule is CCCCOC(=O)c1c(C(=O)c2ccccc2)c(O)c(O)c(OC(=O)c2ccccc2)c1C(=O)c1cccc(C(C)=O)c1. The molecule has 0 saturated heterocycles. The summed E-state index contributed by atoms with van der Waals surface area (Å²) in [6.07, 6.45) is 1.12. The normalized spacial score (nSPS) is 10.6. The van der Waals surface area contributed by atoms with Crippen LogP contribution in [0.2, 0.25) is 0 Å². The van der Waals surface area contributed by atoms with Gasteiger partial charge in [0.15, 0.2) is 28.8 Å². The highest BCUT2D eigenvalue weighted by Crippen LogP contribution is 2.46. The molecule has 0 radical (unpaired) electrons. The molecule has 0 aliphatic carbocycles. The molecule has 43 heavy (non-hydrogen) atoms. The molecule has 218 valence electrons. The summed E-state index contributed by atoms with van der Waals surface area (Å²) in [5, 5.41) is 22.3. The first-order valence-corrected chi connectivity index (χ1v) is 13.5. The van der Waals surface area contributed by atoms with Crippen LogP contribution in [0.15, 0.2) is 84.9 Å². The number of ether oxygens (including phenoxy) is 2. The summed E-state index contributed by atoms with van der Waals surface area (Å²) in [7, 11) is 0. The number of phenols is 2. The minimum atomic E-state index is -1.16. The third-order valence-electron chi connectivity index (χ3n) is 6.56. The smallest absolute Gasteiger partial charge is 0.343 e. The van der Waals surface area contributed by atoms with Crippen molar-refractivity contribution in [1.82, 2.24) is 0 Å². The summed E-state index contributed by atoms with van der Waals surface area (Å²) < 4.78 is 10.9. The van der Waals surface area contributed by atoms with Crippen LogP contribution in [0.3, 0.4) is 0 Å². The van der Waals surface area contributed by atoms with Gasteiger partial charge in [-0.25, -0.2) is 9.59 Å². The molecule has 0 unspecified atom stereocenters. The van der Waals surface area contributed by atoms with E-state index < -0.39 is 57.4 Å². The lowest BCUT2D eigenvalue weighted by Crippen LogP contribution is -2.22. The lowest BCUT2D eigenvalue weighted by atomic mass is 9.88. The first-order chi connectivity index (χ1) is 20.6. The lowest BCUT2D eigenvalue weighted by Gasteiger charge is -2.20. The molecule has 4 rings (SSSR count). The molecule has 9 heteroatoms. The van der Waals surface area contributed by atoms with Gasteiger partial charge in [-0.15, -0.1) is 0 Å². The van der Waals surface area contributed by atoms with Crippen molar-refractivity contribution < 1.29 is 43.7 Å². The number of aromatic hydroxyl groups is 2. The summed E-state index contributed by atoms with van der Waals surface area (Å²) in [5.74, 6) is -7.45. The standard InChI is InChI=1S/C34H28O9/c1-3-4-18-42-34(41)25-26(28(36)21-12-7-5-8-13-21)30(38)31(39)32(43-33(40)22-14-9-6-10-15-22)27(25)29(37)24-17-11-16-23(19-24)20(2)35/h5-17,19,38-39H,3-4,18H2,1-2H3. The molecule has 4 aromatic carbocycles. The molecular formula is C34H28O9. The van der Waals surface area contributed by atoms with E-state index >= 15 is 0 Å². The molecule has 0 aliphatic rings. The minimum Gasteiger partial charge on any atom is -0.504 e. The van der Waals surface area contributed by atoms with E-state index in [2.05, 4.69) is 0 Å². The van der Waals surface area contributed by atoms with Crippen LogP contribution in [-0.4, -0.2) is 46.1 Å². The Morgan fingerprint density at radius 2 is 1.19 bits per heavy atom. The molecule has 0 heterocycles. The maximum Gasteiger partial charge on any atom is 0.343 e. The van der Waals surface area contributed by atoms with Gasteiger partial charge >= 0.3 is 11.9 Å². The Balaban J connectivity index is 2.05. The van der Waals surface area contributed by atoms with Crippen LogP contribution < -0.4 is 4.74 Å². The predicted molar refractivity (Wildman–Crippen MR) is 156 cm³/mol. The van der Waals surface area contributed by atoms with Gasteiger partial charge in [-0.3, -0.25) is 14.4 Å². The topological polar surface area (TPSA) is 144 Å². The van der Waals surface area contributed by atoms with Crippen LogP contribution in [0.5, 0.6) is 17.2 Å². The van der Waals surface area contributed by atoms with Gasteiger partial charge in [-0.05, 0) is 31.5 Å². The fraction of sp³-hybridized carbons (Fsp3) is 0.147. The average Bonchev–Trinajstić information content (AvgIpc) is 3.03. The molecule has 0 spiro atoms. The van der Waals surface area contributed by atoms with Crippen LogP contribution in [0.1, 0.15) is 89.6 Å². The molecule has 0 fully saturated rings.